The number of hydrogen-bond donors (Lipinski definition) is 2. The maximum atomic E-state index is 12.6. The van der Waals surface area contributed by atoms with Crippen molar-refractivity contribution in [1.82, 2.24) is 15.5 Å². The van der Waals surface area contributed by atoms with Crippen LogP contribution in [0.5, 0.6) is 5.75 Å². The van der Waals surface area contributed by atoms with Gasteiger partial charge in [0.1, 0.15) is 11.8 Å². The molecule has 2 fully saturated rings. The summed E-state index contributed by atoms with van der Waals surface area (Å²) in [5.74, 6) is -0.0273. The van der Waals surface area contributed by atoms with Crippen LogP contribution in [0.2, 0.25) is 5.02 Å². The van der Waals surface area contributed by atoms with E-state index in [0.717, 1.165) is 25.7 Å². The van der Waals surface area contributed by atoms with E-state index < -0.39 is 5.97 Å². The summed E-state index contributed by atoms with van der Waals surface area (Å²) < 4.78 is 6.00. The summed E-state index contributed by atoms with van der Waals surface area (Å²) in [7, 11) is 0. The van der Waals surface area contributed by atoms with E-state index in [2.05, 4.69) is 15.5 Å². The largest absolute Gasteiger partial charge is 0.490 e. The number of carboxylic acids is 1. The molecule has 1 aliphatic heterocycles. The first-order chi connectivity index (χ1) is 16.4. The van der Waals surface area contributed by atoms with Crippen LogP contribution in [0, 0.1) is 17.2 Å². The summed E-state index contributed by atoms with van der Waals surface area (Å²) in [6.45, 7) is 1.22. The fourth-order valence-electron chi connectivity index (χ4n) is 4.41. The Morgan fingerprint density at radius 3 is 2.41 bits per heavy atom. The van der Waals surface area contributed by atoms with Gasteiger partial charge in [-0.3, -0.25) is 9.59 Å². The van der Waals surface area contributed by atoms with Crippen molar-refractivity contribution in [1.29, 1.82) is 5.26 Å². The number of piperidine rings is 1. The van der Waals surface area contributed by atoms with Crippen LogP contribution in [0.25, 0.3) is 0 Å². The van der Waals surface area contributed by atoms with Gasteiger partial charge in [0.05, 0.1) is 22.6 Å². The highest BCUT2D eigenvalue weighted by atomic mass is 35.5. The molecule has 1 saturated carbocycles. The van der Waals surface area contributed by atoms with Crippen LogP contribution in [-0.4, -0.2) is 52.4 Å². The number of amides is 1. The molecule has 2 N–H and O–H groups in total. The lowest BCUT2D eigenvalue weighted by Gasteiger charge is -2.30. The molecule has 1 aromatic carbocycles. The topological polar surface area (TPSA) is 128 Å². The molecule has 178 valence electrons. The van der Waals surface area contributed by atoms with E-state index in [1.54, 1.807) is 30.3 Å². The highest BCUT2D eigenvalue weighted by Crippen LogP contribution is 2.27. The molecule has 1 aromatic heterocycles. The van der Waals surface area contributed by atoms with Gasteiger partial charge in [-0.05, 0) is 62.8 Å². The van der Waals surface area contributed by atoms with Gasteiger partial charge in [0, 0.05) is 25.2 Å². The van der Waals surface area contributed by atoms with E-state index in [1.165, 1.54) is 0 Å². The summed E-state index contributed by atoms with van der Waals surface area (Å²) in [4.78, 5) is 25.7. The maximum absolute atomic E-state index is 12.6. The van der Waals surface area contributed by atoms with Gasteiger partial charge in [-0.1, -0.05) is 11.6 Å². The standard InChI is InChI=1S/C24H26ClN5O4/c25-20-13-19(4-1-16(20)14-26)34-18-5-2-17(3-6-18)27-23(31)21-7-8-22(29-28-21)30-11-9-15(10-12-30)24(32)33/h1,4,7-8,13,15,17-18H,2-3,5-6,9-12H2,(H,27,31)(H,32,33)/t17-,18-. The highest BCUT2D eigenvalue weighted by molar-refractivity contribution is 6.31. The van der Waals surface area contributed by atoms with Crippen LogP contribution >= 0.6 is 11.6 Å². The molecule has 0 spiro atoms. The molecular weight excluding hydrogens is 458 g/mol. The Bertz CT molecular complexity index is 1070. The van der Waals surface area contributed by atoms with Crippen molar-refractivity contribution in [2.45, 2.75) is 50.7 Å². The number of carbonyl (C=O) groups is 2. The summed E-state index contributed by atoms with van der Waals surface area (Å²) in [6.07, 6.45) is 4.32. The van der Waals surface area contributed by atoms with Crippen molar-refractivity contribution < 1.29 is 19.4 Å². The number of benzene rings is 1. The van der Waals surface area contributed by atoms with Gasteiger partial charge < -0.3 is 20.1 Å². The number of carbonyl (C=O) groups excluding carboxylic acids is 1. The number of halogens is 1. The number of ether oxygens (including phenoxy) is 1. The van der Waals surface area contributed by atoms with E-state index in [0.29, 0.717) is 48.1 Å². The third kappa shape index (κ3) is 5.75. The van der Waals surface area contributed by atoms with Crippen molar-refractivity contribution in [3.8, 4) is 11.8 Å². The normalized spacial score (nSPS) is 20.9. The zero-order valence-electron chi connectivity index (χ0n) is 18.6. The fraction of sp³-hybridized carbons (Fsp3) is 0.458. The first-order valence-electron chi connectivity index (χ1n) is 11.4. The SMILES string of the molecule is N#Cc1ccc(O[C@H]2CC[C@H](NC(=O)c3ccc(N4CCC(C(=O)O)CC4)nn3)CC2)cc1Cl. The molecule has 0 radical (unpaired) electrons. The van der Waals surface area contributed by atoms with Gasteiger partial charge >= 0.3 is 5.97 Å². The lowest BCUT2D eigenvalue weighted by molar-refractivity contribution is -0.142. The minimum atomic E-state index is -0.753. The van der Waals surface area contributed by atoms with E-state index in [9.17, 15) is 9.59 Å². The van der Waals surface area contributed by atoms with Gasteiger partial charge in [0.2, 0.25) is 0 Å². The van der Waals surface area contributed by atoms with Crippen molar-refractivity contribution >= 4 is 29.3 Å². The molecule has 0 atom stereocenters. The molecule has 4 rings (SSSR count). The molecule has 9 nitrogen and oxygen atoms in total. The molecule has 0 unspecified atom stereocenters. The predicted molar refractivity (Wildman–Crippen MR) is 125 cm³/mol. The Morgan fingerprint density at radius 1 is 1.09 bits per heavy atom. The van der Waals surface area contributed by atoms with E-state index >= 15 is 0 Å². The summed E-state index contributed by atoms with van der Waals surface area (Å²) in [5.41, 5.74) is 0.675. The summed E-state index contributed by atoms with van der Waals surface area (Å²) in [6, 6.07) is 10.5. The van der Waals surface area contributed by atoms with Gasteiger partial charge in [-0.25, -0.2) is 0 Å². The second-order valence-electron chi connectivity index (χ2n) is 8.69. The molecule has 1 aliphatic carbocycles. The van der Waals surface area contributed by atoms with Crippen LogP contribution in [0.4, 0.5) is 5.82 Å². The number of rotatable bonds is 6. The smallest absolute Gasteiger partial charge is 0.306 e. The Morgan fingerprint density at radius 2 is 1.82 bits per heavy atom. The number of nitriles is 1. The Balaban J connectivity index is 1.23. The number of hydrogen-bond acceptors (Lipinski definition) is 7. The third-order valence-electron chi connectivity index (χ3n) is 6.42. The average molecular weight is 484 g/mol. The minimum Gasteiger partial charge on any atom is -0.490 e. The average Bonchev–Trinajstić information content (AvgIpc) is 2.85. The van der Waals surface area contributed by atoms with Gasteiger partial charge in [0.25, 0.3) is 5.91 Å². The van der Waals surface area contributed by atoms with Crippen LogP contribution in [0.15, 0.2) is 30.3 Å². The molecule has 10 heteroatoms. The van der Waals surface area contributed by atoms with E-state index in [4.69, 9.17) is 26.7 Å². The molecule has 0 bridgehead atoms. The molecular formula is C24H26ClN5O4. The van der Waals surface area contributed by atoms with Crippen LogP contribution in [0.1, 0.15) is 54.6 Å². The second-order valence-corrected chi connectivity index (χ2v) is 9.10. The Hall–Kier alpha value is -3.38. The Kier molecular flexibility index (Phi) is 7.48. The highest BCUT2D eigenvalue weighted by Gasteiger charge is 2.27. The van der Waals surface area contributed by atoms with E-state index in [1.807, 2.05) is 11.0 Å². The van der Waals surface area contributed by atoms with Crippen molar-refractivity contribution in [3.05, 3.63) is 46.6 Å². The quantitative estimate of drug-likeness (QED) is 0.639. The minimum absolute atomic E-state index is 0.0292. The van der Waals surface area contributed by atoms with Crippen molar-refractivity contribution in [2.75, 3.05) is 18.0 Å². The third-order valence-corrected chi connectivity index (χ3v) is 6.74. The van der Waals surface area contributed by atoms with E-state index in [-0.39, 0.29) is 29.7 Å². The first-order valence-corrected chi connectivity index (χ1v) is 11.8. The molecule has 2 heterocycles. The number of nitrogens with one attached hydrogen (secondary N) is 1. The maximum Gasteiger partial charge on any atom is 0.306 e. The van der Waals surface area contributed by atoms with Crippen molar-refractivity contribution in [2.24, 2.45) is 5.92 Å². The number of carboxylic acid groups (broad SMARTS) is 1. The molecule has 1 amide bonds. The lowest BCUT2D eigenvalue weighted by atomic mass is 9.93. The van der Waals surface area contributed by atoms with Gasteiger partial charge in [0.15, 0.2) is 11.5 Å². The molecule has 1 saturated heterocycles. The van der Waals surface area contributed by atoms with Gasteiger partial charge in [-0.15, -0.1) is 10.2 Å². The lowest BCUT2D eigenvalue weighted by Crippen LogP contribution is -2.40. The molecule has 34 heavy (non-hydrogen) atoms. The molecule has 2 aromatic rings. The zero-order valence-corrected chi connectivity index (χ0v) is 19.4. The summed E-state index contributed by atoms with van der Waals surface area (Å²) >= 11 is 6.07. The number of aromatic nitrogens is 2. The van der Waals surface area contributed by atoms with Crippen LogP contribution in [0.3, 0.4) is 0 Å². The number of aliphatic carboxylic acids is 1. The Labute approximate surface area is 202 Å². The number of nitrogens with zero attached hydrogens (tertiary/aromatic N) is 4. The van der Waals surface area contributed by atoms with Crippen LogP contribution < -0.4 is 15.0 Å². The molecule has 2 aliphatic rings. The predicted octanol–water partition coefficient (Wildman–Crippen LogP) is 3.42. The van der Waals surface area contributed by atoms with Crippen LogP contribution in [-0.2, 0) is 4.79 Å². The van der Waals surface area contributed by atoms with Crippen molar-refractivity contribution in [3.63, 3.8) is 0 Å². The van der Waals surface area contributed by atoms with Gasteiger partial charge in [-0.2, -0.15) is 5.26 Å². The monoisotopic (exact) mass is 483 g/mol. The first kappa shape index (κ1) is 23.8. The number of anilines is 1. The summed E-state index contributed by atoms with van der Waals surface area (Å²) in [5, 5.41) is 29.8. The fourth-order valence-corrected chi connectivity index (χ4v) is 4.62. The zero-order chi connectivity index (χ0) is 24.1. The second kappa shape index (κ2) is 10.7.